The zero-order valence-corrected chi connectivity index (χ0v) is 13.4. The first-order valence-corrected chi connectivity index (χ1v) is 7.74. The lowest BCUT2D eigenvalue weighted by Gasteiger charge is -2.16. The minimum atomic E-state index is 0.244. The number of nitrogens with two attached hydrogens (primary N) is 1. The van der Waals surface area contributed by atoms with Gasteiger partial charge in [-0.15, -0.1) is 0 Å². The van der Waals surface area contributed by atoms with Gasteiger partial charge in [0.2, 0.25) is 0 Å². The Labute approximate surface area is 136 Å². The van der Waals surface area contributed by atoms with Gasteiger partial charge in [0.25, 0.3) is 0 Å². The summed E-state index contributed by atoms with van der Waals surface area (Å²) in [6, 6.07) is 15.5. The van der Waals surface area contributed by atoms with E-state index in [2.05, 4.69) is 43.1 Å². The van der Waals surface area contributed by atoms with Crippen molar-refractivity contribution < 1.29 is 5.11 Å². The maximum Gasteiger partial charge on any atom is 0.131 e. The molecule has 116 valence electrons. The molecular formula is C20H20N2O. The minimum absolute atomic E-state index is 0.244. The van der Waals surface area contributed by atoms with Crippen LogP contribution in [0.2, 0.25) is 0 Å². The van der Waals surface area contributed by atoms with Crippen LogP contribution < -0.4 is 5.73 Å². The van der Waals surface area contributed by atoms with Gasteiger partial charge in [-0.05, 0) is 42.2 Å². The van der Waals surface area contributed by atoms with E-state index in [1.54, 1.807) is 12.1 Å². The molecule has 3 N–H and O–H groups in total. The average Bonchev–Trinajstić information content (AvgIpc) is 2.56. The van der Waals surface area contributed by atoms with Crippen molar-refractivity contribution in [2.75, 3.05) is 5.73 Å². The lowest BCUT2D eigenvalue weighted by molar-refractivity contribution is 0.475. The Morgan fingerprint density at radius 3 is 2.17 bits per heavy atom. The third kappa shape index (κ3) is 2.90. The molecule has 0 atom stereocenters. The molecule has 0 spiro atoms. The third-order valence-electron chi connectivity index (χ3n) is 4.09. The number of aromatic hydroxyl groups is 1. The molecule has 23 heavy (non-hydrogen) atoms. The molecule has 0 amide bonds. The van der Waals surface area contributed by atoms with Crippen molar-refractivity contribution in [2.45, 2.75) is 20.3 Å². The molecule has 1 aromatic heterocycles. The van der Waals surface area contributed by atoms with Gasteiger partial charge in [-0.2, -0.15) is 0 Å². The molecule has 0 saturated heterocycles. The fraction of sp³-hybridized carbons (Fsp3) is 0.150. The highest BCUT2D eigenvalue weighted by atomic mass is 16.3. The first-order chi connectivity index (χ1) is 11.1. The normalized spacial score (nSPS) is 10.7. The van der Waals surface area contributed by atoms with Crippen LogP contribution >= 0.6 is 0 Å². The van der Waals surface area contributed by atoms with Gasteiger partial charge in [-0.1, -0.05) is 48.9 Å². The fourth-order valence-corrected chi connectivity index (χ4v) is 2.87. The smallest absolute Gasteiger partial charge is 0.131 e. The molecule has 0 bridgehead atoms. The Morgan fingerprint density at radius 1 is 0.957 bits per heavy atom. The number of phenols is 1. The Kier molecular flexibility index (Phi) is 4.02. The molecule has 0 fully saturated rings. The molecule has 2 aromatic carbocycles. The van der Waals surface area contributed by atoms with E-state index >= 15 is 0 Å². The van der Waals surface area contributed by atoms with E-state index in [1.807, 2.05) is 18.3 Å². The Bertz CT molecular complexity index is 822. The van der Waals surface area contributed by atoms with Crippen LogP contribution in [0.15, 0.2) is 54.7 Å². The summed E-state index contributed by atoms with van der Waals surface area (Å²) in [5.74, 6) is 0.761. The number of benzene rings is 2. The van der Waals surface area contributed by atoms with Gasteiger partial charge in [0, 0.05) is 17.3 Å². The van der Waals surface area contributed by atoms with Gasteiger partial charge in [-0.25, -0.2) is 4.98 Å². The Morgan fingerprint density at radius 2 is 1.57 bits per heavy atom. The first-order valence-electron chi connectivity index (χ1n) is 7.74. The lowest BCUT2D eigenvalue weighted by Crippen LogP contribution is -2.01. The number of rotatable bonds is 3. The predicted octanol–water partition coefficient (Wildman–Crippen LogP) is 4.57. The maximum absolute atomic E-state index is 9.51. The molecule has 0 aliphatic carbocycles. The number of anilines is 1. The van der Waals surface area contributed by atoms with Crippen molar-refractivity contribution >= 4 is 5.82 Å². The van der Waals surface area contributed by atoms with Crippen LogP contribution in [0.3, 0.4) is 0 Å². The number of aryl methyl sites for hydroxylation is 1. The number of hydrogen-bond donors (Lipinski definition) is 2. The predicted molar refractivity (Wildman–Crippen MR) is 95.3 cm³/mol. The Balaban J connectivity index is 2.21. The van der Waals surface area contributed by atoms with Crippen LogP contribution in [0.25, 0.3) is 22.3 Å². The van der Waals surface area contributed by atoms with Gasteiger partial charge in [0.05, 0.1) is 0 Å². The summed E-state index contributed by atoms with van der Waals surface area (Å²) in [5, 5.41) is 9.51. The molecular weight excluding hydrogens is 284 g/mol. The van der Waals surface area contributed by atoms with E-state index in [-0.39, 0.29) is 5.75 Å². The molecule has 0 radical (unpaired) electrons. The highest BCUT2D eigenvalue weighted by Crippen LogP contribution is 2.36. The second kappa shape index (κ2) is 6.13. The molecule has 1 heterocycles. The van der Waals surface area contributed by atoms with Gasteiger partial charge < -0.3 is 10.8 Å². The Hall–Kier alpha value is -2.81. The zero-order chi connectivity index (χ0) is 16.4. The molecule has 0 aliphatic rings. The van der Waals surface area contributed by atoms with Crippen molar-refractivity contribution in [3.05, 3.63) is 65.9 Å². The van der Waals surface area contributed by atoms with E-state index in [9.17, 15) is 5.11 Å². The van der Waals surface area contributed by atoms with Crippen LogP contribution in [-0.4, -0.2) is 10.1 Å². The standard InChI is InChI=1S/C20H20N2O/c1-3-17-18(14-6-4-13(2)5-7-14)12-22-20(21)19(17)15-8-10-16(23)11-9-15/h4-12,23H,3H2,1-2H3,(H2,21,22). The summed E-state index contributed by atoms with van der Waals surface area (Å²) in [7, 11) is 0. The molecule has 3 nitrogen and oxygen atoms in total. The average molecular weight is 304 g/mol. The van der Waals surface area contributed by atoms with Crippen molar-refractivity contribution in [1.29, 1.82) is 0 Å². The van der Waals surface area contributed by atoms with Gasteiger partial charge in [-0.3, -0.25) is 0 Å². The largest absolute Gasteiger partial charge is 0.508 e. The van der Waals surface area contributed by atoms with Crippen LogP contribution in [0.4, 0.5) is 5.82 Å². The number of pyridine rings is 1. The van der Waals surface area contributed by atoms with E-state index in [4.69, 9.17) is 5.73 Å². The summed E-state index contributed by atoms with van der Waals surface area (Å²) >= 11 is 0. The SMILES string of the molecule is CCc1c(-c2ccc(C)cc2)cnc(N)c1-c1ccc(O)cc1. The molecule has 0 aliphatic heterocycles. The van der Waals surface area contributed by atoms with E-state index in [0.29, 0.717) is 5.82 Å². The van der Waals surface area contributed by atoms with Gasteiger partial charge in [0.15, 0.2) is 0 Å². The van der Waals surface area contributed by atoms with Crippen molar-refractivity contribution in [3.63, 3.8) is 0 Å². The van der Waals surface area contributed by atoms with E-state index in [1.165, 1.54) is 11.1 Å². The third-order valence-corrected chi connectivity index (χ3v) is 4.09. The topological polar surface area (TPSA) is 59.1 Å². The number of nitrogen functional groups attached to an aromatic ring is 1. The molecule has 3 rings (SSSR count). The molecule has 0 unspecified atom stereocenters. The minimum Gasteiger partial charge on any atom is -0.508 e. The van der Waals surface area contributed by atoms with Crippen LogP contribution in [-0.2, 0) is 6.42 Å². The molecule has 3 heteroatoms. The van der Waals surface area contributed by atoms with Crippen molar-refractivity contribution in [2.24, 2.45) is 0 Å². The summed E-state index contributed by atoms with van der Waals surface area (Å²) in [5.41, 5.74) is 12.7. The van der Waals surface area contributed by atoms with Crippen LogP contribution in [0.5, 0.6) is 5.75 Å². The van der Waals surface area contributed by atoms with Crippen LogP contribution in [0.1, 0.15) is 18.1 Å². The summed E-state index contributed by atoms with van der Waals surface area (Å²) in [6.45, 7) is 4.20. The highest BCUT2D eigenvalue weighted by Gasteiger charge is 2.15. The number of phenolic OH excluding ortho intramolecular Hbond substituents is 1. The highest BCUT2D eigenvalue weighted by molar-refractivity contribution is 5.84. The van der Waals surface area contributed by atoms with Crippen LogP contribution in [0, 0.1) is 6.92 Å². The monoisotopic (exact) mass is 304 g/mol. The van der Waals surface area contributed by atoms with E-state index < -0.39 is 0 Å². The fourth-order valence-electron chi connectivity index (χ4n) is 2.87. The van der Waals surface area contributed by atoms with Gasteiger partial charge >= 0.3 is 0 Å². The zero-order valence-electron chi connectivity index (χ0n) is 13.4. The number of aromatic nitrogens is 1. The number of nitrogens with zero attached hydrogens (tertiary/aromatic N) is 1. The summed E-state index contributed by atoms with van der Waals surface area (Å²) in [6.07, 6.45) is 2.70. The number of hydrogen-bond acceptors (Lipinski definition) is 3. The quantitative estimate of drug-likeness (QED) is 0.745. The first kappa shape index (κ1) is 15.1. The second-order valence-corrected chi connectivity index (χ2v) is 5.68. The maximum atomic E-state index is 9.51. The summed E-state index contributed by atoms with van der Waals surface area (Å²) in [4.78, 5) is 4.40. The van der Waals surface area contributed by atoms with E-state index in [0.717, 1.165) is 28.7 Å². The molecule has 0 saturated carbocycles. The lowest BCUT2D eigenvalue weighted by atomic mass is 9.91. The second-order valence-electron chi connectivity index (χ2n) is 5.68. The molecule has 3 aromatic rings. The summed E-state index contributed by atoms with van der Waals surface area (Å²) < 4.78 is 0. The van der Waals surface area contributed by atoms with Gasteiger partial charge in [0.1, 0.15) is 11.6 Å². The van der Waals surface area contributed by atoms with Crippen molar-refractivity contribution in [3.8, 4) is 28.0 Å². The van der Waals surface area contributed by atoms with Crippen molar-refractivity contribution in [1.82, 2.24) is 4.98 Å².